The molecule has 0 amide bonds. The SMILES string of the molecule is c1cc[n+]2[nH]nnc2c1. The number of pyridine rings is 1. The van der Waals surface area contributed by atoms with Gasteiger partial charge in [-0.25, -0.2) is 0 Å². The van der Waals surface area contributed by atoms with Crippen LogP contribution in [-0.4, -0.2) is 15.5 Å². The number of nitrogens with one attached hydrogen (secondary N) is 1. The molecule has 0 saturated heterocycles. The monoisotopic (exact) mass is 121 g/mol. The smallest absolute Gasteiger partial charge is 0.131 e. The van der Waals surface area contributed by atoms with Gasteiger partial charge < -0.3 is 0 Å². The van der Waals surface area contributed by atoms with Gasteiger partial charge in [0.25, 0.3) is 0 Å². The molecule has 1 N–H and O–H groups in total. The zero-order chi connectivity index (χ0) is 6.10. The fourth-order valence-electron chi connectivity index (χ4n) is 0.722. The topological polar surface area (TPSA) is 45.7 Å². The summed E-state index contributed by atoms with van der Waals surface area (Å²) in [5.41, 5.74) is 0.831. The van der Waals surface area contributed by atoms with Crippen LogP contribution in [0.15, 0.2) is 24.4 Å². The number of fused-ring (bicyclic) bond motifs is 1. The lowest BCUT2D eigenvalue weighted by Gasteiger charge is -1.75. The second kappa shape index (κ2) is 1.51. The number of hydrogen-bond donors (Lipinski definition) is 1. The van der Waals surface area contributed by atoms with Crippen LogP contribution in [0.2, 0.25) is 0 Å². The molecule has 0 radical (unpaired) electrons. The number of aromatic nitrogens is 4. The molecule has 44 valence electrons. The molecule has 0 bridgehead atoms. The van der Waals surface area contributed by atoms with E-state index < -0.39 is 0 Å². The Labute approximate surface area is 51.1 Å². The lowest BCUT2D eigenvalue weighted by molar-refractivity contribution is -0.582. The van der Waals surface area contributed by atoms with Gasteiger partial charge in [-0.15, -0.1) is 4.52 Å². The van der Waals surface area contributed by atoms with E-state index in [2.05, 4.69) is 15.5 Å². The molecule has 4 nitrogen and oxygen atoms in total. The predicted octanol–water partition coefficient (Wildman–Crippen LogP) is -0.457. The molecule has 0 fully saturated rings. The molecule has 0 spiro atoms. The van der Waals surface area contributed by atoms with Gasteiger partial charge in [0.05, 0.1) is 6.20 Å². The number of rotatable bonds is 0. The van der Waals surface area contributed by atoms with Gasteiger partial charge in [-0.2, -0.15) is 0 Å². The maximum atomic E-state index is 3.78. The molecule has 4 heteroatoms. The third kappa shape index (κ3) is 0.561. The van der Waals surface area contributed by atoms with Crippen LogP contribution in [-0.2, 0) is 0 Å². The first-order chi connectivity index (χ1) is 4.47. The van der Waals surface area contributed by atoms with E-state index in [0.29, 0.717) is 0 Å². The normalized spacial score (nSPS) is 10.2. The first-order valence-corrected chi connectivity index (χ1v) is 2.64. The molecule has 9 heavy (non-hydrogen) atoms. The van der Waals surface area contributed by atoms with E-state index in [9.17, 15) is 0 Å². The number of tetrazole rings is 1. The summed E-state index contributed by atoms with van der Waals surface area (Å²) < 4.78 is 1.74. The number of H-pyrrole nitrogens is 1. The summed E-state index contributed by atoms with van der Waals surface area (Å²) in [4.78, 5) is 0. The lowest BCUT2D eigenvalue weighted by atomic mass is 10.5. The predicted molar refractivity (Wildman–Crippen MR) is 29.5 cm³/mol. The van der Waals surface area contributed by atoms with Crippen LogP contribution in [0.3, 0.4) is 0 Å². The summed E-state index contributed by atoms with van der Waals surface area (Å²) in [5, 5.41) is 10.0. The van der Waals surface area contributed by atoms with Gasteiger partial charge in [0, 0.05) is 6.07 Å². The largest absolute Gasteiger partial charge is 0.329 e. The first-order valence-electron chi connectivity index (χ1n) is 2.64. The quantitative estimate of drug-likeness (QED) is 0.479. The third-order valence-electron chi connectivity index (χ3n) is 1.14. The highest BCUT2D eigenvalue weighted by Gasteiger charge is 1.99. The van der Waals surface area contributed by atoms with Gasteiger partial charge in [0.1, 0.15) is 5.10 Å². The highest BCUT2D eigenvalue weighted by molar-refractivity contribution is 5.23. The van der Waals surface area contributed by atoms with Crippen LogP contribution in [0.1, 0.15) is 0 Å². The van der Waals surface area contributed by atoms with Crippen molar-refractivity contribution < 1.29 is 4.52 Å². The zero-order valence-corrected chi connectivity index (χ0v) is 4.65. The second-order valence-corrected chi connectivity index (χ2v) is 1.73. The van der Waals surface area contributed by atoms with E-state index >= 15 is 0 Å². The van der Waals surface area contributed by atoms with Gasteiger partial charge in [-0.1, -0.05) is 11.3 Å². The Kier molecular flexibility index (Phi) is 0.745. The summed E-state index contributed by atoms with van der Waals surface area (Å²) in [6, 6.07) is 5.70. The Morgan fingerprint density at radius 1 is 1.44 bits per heavy atom. The second-order valence-electron chi connectivity index (χ2n) is 1.73. The molecular formula is C5H5N4+. The van der Waals surface area contributed by atoms with Gasteiger partial charge in [-0.05, 0) is 6.07 Å². The van der Waals surface area contributed by atoms with Crippen LogP contribution in [0.25, 0.3) is 5.65 Å². The molecule has 0 atom stereocenters. The van der Waals surface area contributed by atoms with Crippen LogP contribution in [0, 0.1) is 0 Å². The highest BCUT2D eigenvalue weighted by Crippen LogP contribution is 1.83. The van der Waals surface area contributed by atoms with E-state index in [1.165, 1.54) is 0 Å². The molecule has 2 rings (SSSR count). The maximum Gasteiger partial charge on any atom is 0.329 e. The van der Waals surface area contributed by atoms with E-state index in [-0.39, 0.29) is 0 Å². The minimum Gasteiger partial charge on any atom is -0.131 e. The first kappa shape index (κ1) is 4.43. The fraction of sp³-hybridized carbons (Fsp3) is 0. The molecule has 2 aromatic rings. The average Bonchev–Trinajstić information content (AvgIpc) is 2.33. The number of aromatic amines is 1. The van der Waals surface area contributed by atoms with Gasteiger partial charge in [0.2, 0.25) is 0 Å². The van der Waals surface area contributed by atoms with Crippen molar-refractivity contribution in [1.82, 2.24) is 15.5 Å². The Balaban J connectivity index is 2.95. The standard InChI is InChI=1S/C5H4N4/c1-2-4-9-5(3-1)6-7-8-9/h1-4H/p+1. The Morgan fingerprint density at radius 2 is 2.44 bits per heavy atom. The Morgan fingerprint density at radius 3 is 3.33 bits per heavy atom. The maximum absolute atomic E-state index is 3.78. The van der Waals surface area contributed by atoms with Crippen molar-refractivity contribution in [3.05, 3.63) is 24.4 Å². The Hall–Kier alpha value is -1.45. The van der Waals surface area contributed by atoms with Gasteiger partial charge >= 0.3 is 5.65 Å². The minimum atomic E-state index is 0.831. The molecule has 0 saturated carbocycles. The number of nitrogens with zero attached hydrogens (tertiary/aromatic N) is 3. The third-order valence-corrected chi connectivity index (χ3v) is 1.14. The summed E-state index contributed by atoms with van der Waals surface area (Å²) in [7, 11) is 0. The van der Waals surface area contributed by atoms with Crippen molar-refractivity contribution >= 4 is 5.65 Å². The van der Waals surface area contributed by atoms with Crippen molar-refractivity contribution in [3.63, 3.8) is 0 Å². The van der Waals surface area contributed by atoms with E-state index in [4.69, 9.17) is 0 Å². The number of hydrogen-bond acceptors (Lipinski definition) is 2. The molecule has 0 aromatic carbocycles. The molecule has 2 aromatic heterocycles. The average molecular weight is 121 g/mol. The minimum absolute atomic E-state index is 0.831. The van der Waals surface area contributed by atoms with Crippen LogP contribution >= 0.6 is 0 Å². The van der Waals surface area contributed by atoms with Crippen LogP contribution < -0.4 is 4.52 Å². The summed E-state index contributed by atoms with van der Waals surface area (Å²) >= 11 is 0. The van der Waals surface area contributed by atoms with Gasteiger partial charge in [0.15, 0.2) is 5.21 Å². The van der Waals surface area contributed by atoms with Crippen molar-refractivity contribution in [2.75, 3.05) is 0 Å². The molecule has 0 aliphatic carbocycles. The molecule has 0 unspecified atom stereocenters. The lowest BCUT2D eigenvalue weighted by Crippen LogP contribution is -2.21. The zero-order valence-electron chi connectivity index (χ0n) is 4.65. The van der Waals surface area contributed by atoms with Crippen molar-refractivity contribution in [1.29, 1.82) is 0 Å². The van der Waals surface area contributed by atoms with E-state index in [0.717, 1.165) is 5.65 Å². The van der Waals surface area contributed by atoms with Crippen molar-refractivity contribution in [3.8, 4) is 0 Å². The van der Waals surface area contributed by atoms with E-state index in [1.807, 2.05) is 24.4 Å². The van der Waals surface area contributed by atoms with Crippen molar-refractivity contribution in [2.24, 2.45) is 0 Å². The molecule has 2 heterocycles. The fourth-order valence-corrected chi connectivity index (χ4v) is 0.722. The molecular weight excluding hydrogens is 116 g/mol. The summed E-state index contributed by atoms with van der Waals surface area (Å²) in [5.74, 6) is 0. The summed E-state index contributed by atoms with van der Waals surface area (Å²) in [6.45, 7) is 0. The van der Waals surface area contributed by atoms with Crippen molar-refractivity contribution in [2.45, 2.75) is 0 Å². The van der Waals surface area contributed by atoms with Crippen LogP contribution in [0.4, 0.5) is 0 Å². The molecule has 0 aliphatic heterocycles. The van der Waals surface area contributed by atoms with Gasteiger partial charge in [-0.3, -0.25) is 0 Å². The highest BCUT2D eigenvalue weighted by atomic mass is 15.5. The molecule has 0 aliphatic rings. The van der Waals surface area contributed by atoms with E-state index in [1.54, 1.807) is 4.52 Å². The van der Waals surface area contributed by atoms with Crippen LogP contribution in [0.5, 0.6) is 0 Å². The summed E-state index contributed by atoms with van der Waals surface area (Å²) in [6.07, 6.45) is 1.86. The Bertz CT molecular complexity index is 283.